The van der Waals surface area contributed by atoms with Crippen LogP contribution >= 0.6 is 0 Å². The number of carbonyl (C=O) groups is 1. The summed E-state index contributed by atoms with van der Waals surface area (Å²) in [6, 6.07) is 11.0. The number of carbonyl (C=O) groups excluding carboxylic acids is 1. The molecule has 0 spiro atoms. The molecule has 1 amide bonds. The largest absolute Gasteiger partial charge is 0.341 e. The molecule has 24 heavy (non-hydrogen) atoms. The van der Waals surface area contributed by atoms with E-state index >= 15 is 0 Å². The van der Waals surface area contributed by atoms with E-state index in [-0.39, 0.29) is 0 Å². The number of likely N-dealkylation sites (N-methyl/N-ethyl adjacent to an activating group) is 1. The van der Waals surface area contributed by atoms with Crippen molar-refractivity contribution >= 4 is 5.91 Å². The Kier molecular flexibility index (Phi) is 6.27. The highest BCUT2D eigenvalue weighted by Crippen LogP contribution is 2.21. The van der Waals surface area contributed by atoms with Crippen LogP contribution in [0.25, 0.3) is 0 Å². The van der Waals surface area contributed by atoms with Gasteiger partial charge in [0.25, 0.3) is 0 Å². The molecule has 1 aromatic rings. The molecule has 2 fully saturated rings. The maximum absolute atomic E-state index is 12.5. The number of benzene rings is 1. The molecule has 2 heterocycles. The summed E-state index contributed by atoms with van der Waals surface area (Å²) in [4.78, 5) is 17.0. The predicted molar refractivity (Wildman–Crippen MR) is 97.7 cm³/mol. The average Bonchev–Trinajstić information content (AvgIpc) is 3.09. The van der Waals surface area contributed by atoms with Gasteiger partial charge in [-0.15, -0.1) is 0 Å². The van der Waals surface area contributed by atoms with E-state index in [1.165, 1.54) is 18.4 Å². The van der Waals surface area contributed by atoms with Crippen molar-refractivity contribution in [1.82, 2.24) is 15.1 Å². The molecule has 0 bridgehead atoms. The average molecular weight is 329 g/mol. The molecule has 0 radical (unpaired) electrons. The lowest BCUT2D eigenvalue weighted by atomic mass is 9.93. The van der Waals surface area contributed by atoms with Crippen LogP contribution < -0.4 is 5.32 Å². The molecule has 1 atom stereocenters. The maximum atomic E-state index is 12.5. The number of nitrogens with zero attached hydrogens (tertiary/aromatic N) is 2. The van der Waals surface area contributed by atoms with E-state index in [9.17, 15) is 4.79 Å². The maximum Gasteiger partial charge on any atom is 0.222 e. The van der Waals surface area contributed by atoms with Crippen molar-refractivity contribution in [3.63, 3.8) is 0 Å². The molecule has 1 unspecified atom stereocenters. The third-order valence-electron chi connectivity index (χ3n) is 5.66. The molecular formula is C20H31N3O. The number of rotatable bonds is 6. The molecular weight excluding hydrogens is 298 g/mol. The fourth-order valence-corrected chi connectivity index (χ4v) is 3.99. The number of piperidine rings is 1. The minimum Gasteiger partial charge on any atom is -0.341 e. The zero-order chi connectivity index (χ0) is 16.8. The van der Waals surface area contributed by atoms with Crippen molar-refractivity contribution in [2.45, 2.75) is 44.7 Å². The SMILES string of the molecule is CN(C(=O)CCC1CCNCC1)C1CCN(Cc2ccccc2)C1. The van der Waals surface area contributed by atoms with Crippen LogP contribution in [0.4, 0.5) is 0 Å². The molecule has 0 saturated carbocycles. The second-order valence-electron chi connectivity index (χ2n) is 7.40. The molecule has 3 rings (SSSR count). The van der Waals surface area contributed by atoms with Crippen LogP contribution in [0.3, 0.4) is 0 Å². The Morgan fingerprint density at radius 3 is 2.71 bits per heavy atom. The lowest BCUT2D eigenvalue weighted by Gasteiger charge is -2.27. The van der Waals surface area contributed by atoms with E-state index in [1.54, 1.807) is 0 Å². The van der Waals surface area contributed by atoms with E-state index < -0.39 is 0 Å². The number of likely N-dealkylation sites (tertiary alicyclic amines) is 1. The second-order valence-corrected chi connectivity index (χ2v) is 7.40. The Hall–Kier alpha value is -1.39. The molecule has 1 aromatic carbocycles. The summed E-state index contributed by atoms with van der Waals surface area (Å²) in [6.07, 6.45) is 5.33. The summed E-state index contributed by atoms with van der Waals surface area (Å²) in [6.45, 7) is 5.32. The topological polar surface area (TPSA) is 35.6 Å². The first-order valence-corrected chi connectivity index (χ1v) is 9.45. The minimum atomic E-state index is 0.333. The van der Waals surface area contributed by atoms with Crippen molar-refractivity contribution in [2.75, 3.05) is 33.2 Å². The van der Waals surface area contributed by atoms with Crippen LogP contribution in [-0.4, -0.2) is 55.0 Å². The summed E-state index contributed by atoms with van der Waals surface area (Å²) >= 11 is 0. The first-order valence-electron chi connectivity index (χ1n) is 9.45. The molecule has 1 N–H and O–H groups in total. The number of hydrogen-bond acceptors (Lipinski definition) is 3. The first-order chi connectivity index (χ1) is 11.7. The van der Waals surface area contributed by atoms with Gasteiger partial charge in [0, 0.05) is 39.1 Å². The number of hydrogen-bond donors (Lipinski definition) is 1. The first kappa shape index (κ1) is 17.4. The highest BCUT2D eigenvalue weighted by molar-refractivity contribution is 5.76. The summed E-state index contributed by atoms with van der Waals surface area (Å²) in [5, 5.41) is 3.39. The molecule has 4 heteroatoms. The van der Waals surface area contributed by atoms with Crippen LogP contribution in [0.2, 0.25) is 0 Å². The van der Waals surface area contributed by atoms with Crippen molar-refractivity contribution < 1.29 is 4.79 Å². The molecule has 0 aromatic heterocycles. The zero-order valence-electron chi connectivity index (χ0n) is 14.9. The fourth-order valence-electron chi connectivity index (χ4n) is 3.99. The lowest BCUT2D eigenvalue weighted by molar-refractivity contribution is -0.132. The highest BCUT2D eigenvalue weighted by Gasteiger charge is 2.28. The van der Waals surface area contributed by atoms with Gasteiger partial charge in [0.1, 0.15) is 0 Å². The Bertz CT molecular complexity index is 513. The van der Waals surface area contributed by atoms with Gasteiger partial charge in [0.05, 0.1) is 0 Å². The van der Waals surface area contributed by atoms with Gasteiger partial charge in [0.2, 0.25) is 5.91 Å². The van der Waals surface area contributed by atoms with Gasteiger partial charge in [0.15, 0.2) is 0 Å². The molecule has 132 valence electrons. The minimum absolute atomic E-state index is 0.333. The van der Waals surface area contributed by atoms with Crippen molar-refractivity contribution in [3.8, 4) is 0 Å². The third kappa shape index (κ3) is 4.81. The fraction of sp³-hybridized carbons (Fsp3) is 0.650. The van der Waals surface area contributed by atoms with Gasteiger partial charge in [-0.05, 0) is 50.3 Å². The second kappa shape index (κ2) is 8.63. The van der Waals surface area contributed by atoms with E-state index in [0.717, 1.165) is 57.9 Å². The van der Waals surface area contributed by atoms with E-state index in [1.807, 2.05) is 11.9 Å². The molecule has 0 aliphatic carbocycles. The van der Waals surface area contributed by atoms with Crippen LogP contribution in [0.15, 0.2) is 30.3 Å². The van der Waals surface area contributed by atoms with Crippen molar-refractivity contribution in [3.05, 3.63) is 35.9 Å². The normalized spacial score (nSPS) is 22.6. The third-order valence-corrected chi connectivity index (χ3v) is 5.66. The summed E-state index contributed by atoms with van der Waals surface area (Å²) in [5.41, 5.74) is 1.36. The lowest BCUT2D eigenvalue weighted by Crippen LogP contribution is -2.39. The highest BCUT2D eigenvalue weighted by atomic mass is 16.2. The smallest absolute Gasteiger partial charge is 0.222 e. The van der Waals surface area contributed by atoms with Gasteiger partial charge < -0.3 is 10.2 Å². The summed E-state index contributed by atoms with van der Waals surface area (Å²) in [7, 11) is 2.00. The zero-order valence-corrected chi connectivity index (χ0v) is 14.9. The quantitative estimate of drug-likeness (QED) is 0.871. The van der Waals surface area contributed by atoms with E-state index in [0.29, 0.717) is 11.9 Å². The van der Waals surface area contributed by atoms with Crippen LogP contribution in [0, 0.1) is 5.92 Å². The van der Waals surface area contributed by atoms with Gasteiger partial charge in [-0.2, -0.15) is 0 Å². The van der Waals surface area contributed by atoms with Crippen molar-refractivity contribution in [2.24, 2.45) is 5.92 Å². The van der Waals surface area contributed by atoms with Crippen LogP contribution in [0.5, 0.6) is 0 Å². The van der Waals surface area contributed by atoms with Crippen LogP contribution in [0.1, 0.15) is 37.7 Å². The molecule has 4 nitrogen and oxygen atoms in total. The van der Waals surface area contributed by atoms with Gasteiger partial charge in [-0.3, -0.25) is 9.69 Å². The molecule has 2 saturated heterocycles. The molecule has 2 aliphatic rings. The van der Waals surface area contributed by atoms with Gasteiger partial charge in [-0.1, -0.05) is 30.3 Å². The number of amides is 1. The monoisotopic (exact) mass is 329 g/mol. The summed E-state index contributed by atoms with van der Waals surface area (Å²) in [5.74, 6) is 1.07. The number of nitrogens with one attached hydrogen (secondary N) is 1. The standard InChI is InChI=1S/C20H31N3O/c1-22(20(24)8-7-17-9-12-21-13-10-17)19-11-14-23(16-19)15-18-5-3-2-4-6-18/h2-6,17,19,21H,7-16H2,1H3. The Balaban J connectivity index is 1.41. The summed E-state index contributed by atoms with van der Waals surface area (Å²) < 4.78 is 0. The predicted octanol–water partition coefficient (Wildman–Crippen LogP) is 2.50. The van der Waals surface area contributed by atoms with E-state index in [2.05, 4.69) is 40.5 Å². The molecule has 2 aliphatic heterocycles. The van der Waals surface area contributed by atoms with Gasteiger partial charge >= 0.3 is 0 Å². The van der Waals surface area contributed by atoms with E-state index in [4.69, 9.17) is 0 Å². The van der Waals surface area contributed by atoms with Crippen molar-refractivity contribution in [1.29, 1.82) is 0 Å². The van der Waals surface area contributed by atoms with Gasteiger partial charge in [-0.25, -0.2) is 0 Å². The Labute approximate surface area is 146 Å². The van der Waals surface area contributed by atoms with Crippen LogP contribution in [-0.2, 0) is 11.3 Å². The Morgan fingerprint density at radius 1 is 1.21 bits per heavy atom. The Morgan fingerprint density at radius 2 is 1.96 bits per heavy atom.